The van der Waals surface area contributed by atoms with Crippen molar-refractivity contribution in [3.8, 4) is 0 Å². The number of hydrogen-bond acceptors (Lipinski definition) is 5. The van der Waals surface area contributed by atoms with Crippen molar-refractivity contribution in [2.75, 3.05) is 13.2 Å². The number of allylic oxidation sites excluding steroid dienone is 2. The number of carbonyl (C=O) groups excluding carboxylic acids is 2. The van der Waals surface area contributed by atoms with Gasteiger partial charge in [0.1, 0.15) is 6.61 Å². The molecule has 5 heteroatoms. The van der Waals surface area contributed by atoms with Crippen LogP contribution < -0.4 is 0 Å². The highest BCUT2D eigenvalue weighted by Crippen LogP contribution is 2.20. The molecule has 0 aliphatic rings. The molecule has 1 N–H and O–H groups in total. The Morgan fingerprint density at radius 2 is 0.468 bits per heavy atom. The Bertz CT molecular complexity index is 1170. The van der Waals surface area contributed by atoms with E-state index in [2.05, 4.69) is 26.0 Å². The lowest BCUT2D eigenvalue weighted by molar-refractivity contribution is -0.161. The highest BCUT2D eigenvalue weighted by molar-refractivity contribution is 5.70. The van der Waals surface area contributed by atoms with Crippen LogP contribution in [0.15, 0.2) is 12.2 Å². The molecule has 0 aliphatic heterocycles. The molecule has 0 aromatic carbocycles. The summed E-state index contributed by atoms with van der Waals surface area (Å²) < 4.78 is 10.8. The summed E-state index contributed by atoms with van der Waals surface area (Å²) in [6, 6.07) is 0. The van der Waals surface area contributed by atoms with Crippen LogP contribution in [0, 0.1) is 0 Å². The molecular weight excluding hydrogens is 969 g/mol. The van der Waals surface area contributed by atoms with Gasteiger partial charge < -0.3 is 14.6 Å². The van der Waals surface area contributed by atoms with E-state index in [0.29, 0.717) is 12.8 Å². The van der Waals surface area contributed by atoms with E-state index in [-0.39, 0.29) is 25.2 Å². The van der Waals surface area contributed by atoms with Crippen molar-refractivity contribution in [1.29, 1.82) is 0 Å². The molecule has 0 amide bonds. The van der Waals surface area contributed by atoms with Gasteiger partial charge in [-0.25, -0.2) is 0 Å². The Morgan fingerprint density at radius 3 is 0.684 bits per heavy atom. The standard InChI is InChI=1S/C74H144O5/c1-3-5-7-9-11-13-15-17-19-21-23-25-27-29-30-31-32-33-34-35-36-37-38-39-40-41-42-43-45-46-48-50-52-54-56-58-60-62-64-66-68-73(76)78-71-72(70-75)79-74(77)69-67-65-63-61-59-57-55-53-51-49-47-44-28-26-24-22-20-18-16-14-12-10-8-6-4-2/h22,24,72,75H,3-21,23,25-71H2,1-2H3/b24-22-. The Hall–Kier alpha value is -1.36. The van der Waals surface area contributed by atoms with Gasteiger partial charge in [0.25, 0.3) is 0 Å². The van der Waals surface area contributed by atoms with E-state index in [1.54, 1.807) is 0 Å². The maximum absolute atomic E-state index is 12.4. The second-order valence-electron chi connectivity index (χ2n) is 25.4. The minimum Gasteiger partial charge on any atom is -0.462 e. The normalized spacial score (nSPS) is 12.1. The molecule has 1 atom stereocenters. The molecule has 0 saturated carbocycles. The fourth-order valence-electron chi connectivity index (χ4n) is 11.8. The monoisotopic (exact) mass is 1110 g/mol. The first-order valence-electron chi connectivity index (χ1n) is 36.7. The van der Waals surface area contributed by atoms with Crippen LogP contribution in [0.2, 0.25) is 0 Å². The lowest BCUT2D eigenvalue weighted by Crippen LogP contribution is -2.28. The molecule has 0 rings (SSSR count). The van der Waals surface area contributed by atoms with Gasteiger partial charge in [0.05, 0.1) is 6.61 Å². The van der Waals surface area contributed by atoms with Crippen LogP contribution in [-0.2, 0) is 19.1 Å². The summed E-state index contributed by atoms with van der Waals surface area (Å²) in [7, 11) is 0. The fourth-order valence-corrected chi connectivity index (χ4v) is 11.8. The Morgan fingerprint density at radius 1 is 0.278 bits per heavy atom. The molecule has 0 radical (unpaired) electrons. The molecule has 470 valence electrons. The molecule has 1 unspecified atom stereocenters. The highest BCUT2D eigenvalue weighted by Gasteiger charge is 2.16. The quantitative estimate of drug-likeness (QED) is 0.0373. The highest BCUT2D eigenvalue weighted by atomic mass is 16.6. The number of esters is 2. The van der Waals surface area contributed by atoms with E-state index in [1.165, 1.54) is 372 Å². The third-order valence-corrected chi connectivity index (χ3v) is 17.3. The summed E-state index contributed by atoms with van der Waals surface area (Å²) in [5, 5.41) is 9.70. The van der Waals surface area contributed by atoms with E-state index in [9.17, 15) is 14.7 Å². The summed E-state index contributed by atoms with van der Waals surface area (Å²) in [5.41, 5.74) is 0. The minimum atomic E-state index is -0.768. The smallest absolute Gasteiger partial charge is 0.306 e. The lowest BCUT2D eigenvalue weighted by atomic mass is 10.0. The van der Waals surface area contributed by atoms with E-state index in [1.807, 2.05) is 0 Å². The largest absolute Gasteiger partial charge is 0.462 e. The molecule has 0 bridgehead atoms. The van der Waals surface area contributed by atoms with Gasteiger partial charge >= 0.3 is 11.9 Å². The first-order valence-corrected chi connectivity index (χ1v) is 36.7. The first kappa shape index (κ1) is 77.6. The van der Waals surface area contributed by atoms with Crippen LogP contribution >= 0.6 is 0 Å². The maximum atomic E-state index is 12.4. The third-order valence-electron chi connectivity index (χ3n) is 17.3. The molecule has 0 aliphatic carbocycles. The van der Waals surface area contributed by atoms with Gasteiger partial charge in [0.2, 0.25) is 0 Å². The predicted molar refractivity (Wildman–Crippen MR) is 349 cm³/mol. The van der Waals surface area contributed by atoms with Crippen LogP contribution in [0.3, 0.4) is 0 Å². The maximum Gasteiger partial charge on any atom is 0.306 e. The van der Waals surface area contributed by atoms with Crippen LogP contribution in [0.25, 0.3) is 0 Å². The minimum absolute atomic E-state index is 0.0576. The second kappa shape index (κ2) is 70.9. The van der Waals surface area contributed by atoms with Crippen LogP contribution in [0.5, 0.6) is 0 Å². The molecule has 0 fully saturated rings. The molecule has 0 aromatic rings. The summed E-state index contributed by atoms with van der Waals surface area (Å²) >= 11 is 0. The number of aliphatic hydroxyl groups excluding tert-OH is 1. The number of ether oxygens (including phenoxy) is 2. The van der Waals surface area contributed by atoms with Crippen LogP contribution in [0.4, 0.5) is 0 Å². The van der Waals surface area contributed by atoms with Gasteiger partial charge in [-0.3, -0.25) is 9.59 Å². The molecule has 0 saturated heterocycles. The molecule has 5 nitrogen and oxygen atoms in total. The molecule has 79 heavy (non-hydrogen) atoms. The van der Waals surface area contributed by atoms with Crippen molar-refractivity contribution in [2.45, 2.75) is 437 Å². The van der Waals surface area contributed by atoms with E-state index in [4.69, 9.17) is 9.47 Å². The average molecular weight is 1110 g/mol. The van der Waals surface area contributed by atoms with Crippen molar-refractivity contribution >= 4 is 11.9 Å². The van der Waals surface area contributed by atoms with Crippen molar-refractivity contribution < 1.29 is 24.2 Å². The zero-order valence-corrected chi connectivity index (χ0v) is 54.2. The van der Waals surface area contributed by atoms with Crippen LogP contribution in [-0.4, -0.2) is 36.4 Å². The number of carbonyl (C=O) groups is 2. The third kappa shape index (κ3) is 69.0. The van der Waals surface area contributed by atoms with Gasteiger partial charge in [-0.2, -0.15) is 0 Å². The van der Waals surface area contributed by atoms with E-state index < -0.39 is 6.10 Å². The molecule has 0 heterocycles. The van der Waals surface area contributed by atoms with E-state index >= 15 is 0 Å². The Balaban J connectivity index is 3.34. The molecule has 0 aromatic heterocycles. The van der Waals surface area contributed by atoms with Crippen LogP contribution in [0.1, 0.15) is 431 Å². The van der Waals surface area contributed by atoms with Gasteiger partial charge in [0.15, 0.2) is 6.10 Å². The van der Waals surface area contributed by atoms with Gasteiger partial charge in [-0.1, -0.05) is 392 Å². The summed E-state index contributed by atoms with van der Waals surface area (Å²) in [6.45, 7) is 4.22. The zero-order chi connectivity index (χ0) is 56.9. The Labute approximate surface area is 496 Å². The Kier molecular flexibility index (Phi) is 69.7. The number of hydrogen-bond donors (Lipinski definition) is 1. The second-order valence-corrected chi connectivity index (χ2v) is 25.4. The van der Waals surface area contributed by atoms with E-state index in [0.717, 1.165) is 32.1 Å². The number of rotatable bonds is 70. The summed E-state index contributed by atoms with van der Waals surface area (Å²) in [5.74, 6) is -0.563. The average Bonchev–Trinajstić information content (AvgIpc) is 3.45. The number of aliphatic hydroxyl groups is 1. The van der Waals surface area contributed by atoms with Gasteiger partial charge in [-0.15, -0.1) is 0 Å². The fraction of sp³-hybridized carbons (Fsp3) is 0.946. The molecule has 0 spiro atoms. The first-order chi connectivity index (χ1) is 39.1. The topological polar surface area (TPSA) is 72.8 Å². The SMILES string of the molecule is CCCCCCCCCC/C=C\CCCCCCCCCCCCCCCC(=O)OC(CO)COC(=O)CCCCCCCCCCCCCCCCCCCCCCCCCCCCCCCCCCCCCCCCCC. The van der Waals surface area contributed by atoms with Gasteiger partial charge in [-0.05, 0) is 38.5 Å². The predicted octanol–water partition coefficient (Wildman–Crippen LogP) is 25.4. The van der Waals surface area contributed by atoms with Crippen molar-refractivity contribution in [3.05, 3.63) is 12.2 Å². The molecular formula is C74H144O5. The summed E-state index contributed by atoms with van der Waals surface area (Å²) in [6.07, 6.45) is 91.4. The van der Waals surface area contributed by atoms with Crippen molar-refractivity contribution in [2.24, 2.45) is 0 Å². The van der Waals surface area contributed by atoms with Crippen molar-refractivity contribution in [1.82, 2.24) is 0 Å². The summed E-state index contributed by atoms with van der Waals surface area (Å²) in [4.78, 5) is 24.6. The van der Waals surface area contributed by atoms with Gasteiger partial charge in [0, 0.05) is 12.8 Å². The number of unbranched alkanes of at least 4 members (excludes halogenated alkanes) is 60. The lowest BCUT2D eigenvalue weighted by Gasteiger charge is -2.15. The zero-order valence-electron chi connectivity index (χ0n) is 54.2. The van der Waals surface area contributed by atoms with Crippen molar-refractivity contribution in [3.63, 3.8) is 0 Å².